The highest BCUT2D eigenvalue weighted by molar-refractivity contribution is 5.93. The molecular formula is C14H11N3O3. The molecule has 0 spiro atoms. The topological polar surface area (TPSA) is 109 Å². The van der Waals surface area contributed by atoms with Gasteiger partial charge in [0.05, 0.1) is 29.9 Å². The number of nitrogen functional groups attached to an aromatic ring is 1. The zero-order valence-corrected chi connectivity index (χ0v) is 10.4. The fraction of sp³-hybridized carbons (Fsp3) is 0.0714. The van der Waals surface area contributed by atoms with Crippen LogP contribution in [0.15, 0.2) is 36.5 Å². The van der Waals surface area contributed by atoms with Crippen LogP contribution in [0, 0.1) is 11.3 Å². The smallest absolute Gasteiger partial charge is 0.338 e. The monoisotopic (exact) mass is 269 g/mol. The second-order valence-corrected chi connectivity index (χ2v) is 4.00. The Morgan fingerprint density at radius 2 is 2.10 bits per heavy atom. The largest absolute Gasteiger partial charge is 0.478 e. The lowest BCUT2D eigenvalue weighted by Crippen LogP contribution is -2.03. The maximum absolute atomic E-state index is 10.9. The molecule has 20 heavy (non-hydrogen) atoms. The van der Waals surface area contributed by atoms with E-state index in [1.807, 2.05) is 6.07 Å². The van der Waals surface area contributed by atoms with Gasteiger partial charge in [-0.2, -0.15) is 5.26 Å². The molecule has 0 saturated carbocycles. The van der Waals surface area contributed by atoms with Crippen LogP contribution < -0.4 is 10.5 Å². The van der Waals surface area contributed by atoms with Gasteiger partial charge in [0.2, 0.25) is 5.88 Å². The molecule has 0 unspecified atom stereocenters. The molecule has 0 atom stereocenters. The number of rotatable bonds is 4. The van der Waals surface area contributed by atoms with E-state index in [9.17, 15) is 4.79 Å². The van der Waals surface area contributed by atoms with Gasteiger partial charge in [0.15, 0.2) is 0 Å². The number of nitrogens with zero attached hydrogens (tertiary/aromatic N) is 2. The third kappa shape index (κ3) is 3.03. The number of benzene rings is 1. The van der Waals surface area contributed by atoms with Crippen molar-refractivity contribution in [1.29, 1.82) is 5.26 Å². The molecule has 0 saturated heterocycles. The molecule has 1 aromatic heterocycles. The number of nitriles is 1. The van der Waals surface area contributed by atoms with Crippen LogP contribution >= 0.6 is 0 Å². The number of aromatic nitrogens is 1. The molecule has 1 heterocycles. The SMILES string of the molecule is N#CCc1ccc(Oc2cc(C(=O)O)c(N)cn2)cc1. The number of carboxylic acids is 1. The van der Waals surface area contributed by atoms with Crippen LogP contribution in [0.5, 0.6) is 11.6 Å². The molecule has 0 aliphatic heterocycles. The lowest BCUT2D eigenvalue weighted by Gasteiger charge is -2.07. The quantitative estimate of drug-likeness (QED) is 0.880. The molecule has 2 rings (SSSR count). The fourth-order valence-electron chi connectivity index (χ4n) is 1.58. The van der Waals surface area contributed by atoms with Crippen molar-refractivity contribution < 1.29 is 14.6 Å². The van der Waals surface area contributed by atoms with E-state index in [4.69, 9.17) is 20.8 Å². The molecule has 3 N–H and O–H groups in total. The number of carbonyl (C=O) groups is 1. The second kappa shape index (κ2) is 5.71. The Balaban J connectivity index is 2.20. The average molecular weight is 269 g/mol. The Labute approximate surface area is 115 Å². The summed E-state index contributed by atoms with van der Waals surface area (Å²) in [5, 5.41) is 17.5. The Morgan fingerprint density at radius 3 is 2.70 bits per heavy atom. The van der Waals surface area contributed by atoms with Crippen LogP contribution in [-0.2, 0) is 6.42 Å². The van der Waals surface area contributed by atoms with Gasteiger partial charge in [-0.3, -0.25) is 0 Å². The van der Waals surface area contributed by atoms with E-state index in [0.29, 0.717) is 12.2 Å². The van der Waals surface area contributed by atoms with Crippen molar-refractivity contribution in [2.24, 2.45) is 0 Å². The van der Waals surface area contributed by atoms with Gasteiger partial charge < -0.3 is 15.6 Å². The molecule has 0 bridgehead atoms. The van der Waals surface area contributed by atoms with Gasteiger partial charge in [-0.05, 0) is 17.7 Å². The maximum Gasteiger partial charge on any atom is 0.338 e. The summed E-state index contributed by atoms with van der Waals surface area (Å²) in [6.07, 6.45) is 1.56. The lowest BCUT2D eigenvalue weighted by atomic mass is 10.2. The summed E-state index contributed by atoms with van der Waals surface area (Å²) in [7, 11) is 0. The van der Waals surface area contributed by atoms with Crippen LogP contribution in [0.1, 0.15) is 15.9 Å². The normalized spacial score (nSPS) is 9.75. The van der Waals surface area contributed by atoms with Gasteiger partial charge in [0.1, 0.15) is 5.75 Å². The van der Waals surface area contributed by atoms with Gasteiger partial charge >= 0.3 is 5.97 Å². The van der Waals surface area contributed by atoms with Crippen LogP contribution in [0.25, 0.3) is 0 Å². The minimum absolute atomic E-state index is 0.0592. The van der Waals surface area contributed by atoms with Crippen LogP contribution in [-0.4, -0.2) is 16.1 Å². The summed E-state index contributed by atoms with van der Waals surface area (Å²) in [5.41, 5.74) is 6.40. The highest BCUT2D eigenvalue weighted by Gasteiger charge is 2.10. The number of anilines is 1. The van der Waals surface area contributed by atoms with Crippen LogP contribution in [0.2, 0.25) is 0 Å². The summed E-state index contributed by atoms with van der Waals surface area (Å²) in [6, 6.07) is 10.2. The number of ether oxygens (including phenoxy) is 1. The van der Waals surface area contributed by atoms with E-state index in [2.05, 4.69) is 4.98 Å². The van der Waals surface area contributed by atoms with Crippen molar-refractivity contribution in [2.45, 2.75) is 6.42 Å². The highest BCUT2D eigenvalue weighted by atomic mass is 16.5. The number of hydrogen-bond acceptors (Lipinski definition) is 5. The zero-order valence-electron chi connectivity index (χ0n) is 10.4. The van der Waals surface area contributed by atoms with Gasteiger partial charge in [0, 0.05) is 6.07 Å². The third-order valence-corrected chi connectivity index (χ3v) is 2.57. The minimum atomic E-state index is -1.14. The standard InChI is InChI=1S/C14H11N3O3/c15-6-5-9-1-3-10(4-2-9)20-13-7-11(14(18)19)12(16)8-17-13/h1-4,7-8H,5,16H2,(H,18,19). The summed E-state index contributed by atoms with van der Waals surface area (Å²) in [4.78, 5) is 14.9. The molecule has 0 amide bonds. The van der Waals surface area contributed by atoms with Gasteiger partial charge in [-0.25, -0.2) is 9.78 Å². The van der Waals surface area contributed by atoms with E-state index in [0.717, 1.165) is 5.56 Å². The van der Waals surface area contributed by atoms with E-state index in [-0.39, 0.29) is 17.1 Å². The number of nitrogens with two attached hydrogens (primary N) is 1. The van der Waals surface area contributed by atoms with Crippen molar-refractivity contribution in [3.05, 3.63) is 47.7 Å². The van der Waals surface area contributed by atoms with Crippen molar-refractivity contribution in [3.63, 3.8) is 0 Å². The molecule has 1 aromatic carbocycles. The summed E-state index contributed by atoms with van der Waals surface area (Å²) in [6.45, 7) is 0. The van der Waals surface area contributed by atoms with Crippen molar-refractivity contribution in [2.75, 3.05) is 5.73 Å². The summed E-state index contributed by atoms with van der Waals surface area (Å²) >= 11 is 0. The average Bonchev–Trinajstić information content (AvgIpc) is 2.43. The third-order valence-electron chi connectivity index (χ3n) is 2.57. The van der Waals surface area contributed by atoms with Gasteiger partial charge in [0.25, 0.3) is 0 Å². The lowest BCUT2D eigenvalue weighted by molar-refractivity contribution is 0.0697. The van der Waals surface area contributed by atoms with E-state index < -0.39 is 5.97 Å². The van der Waals surface area contributed by atoms with Crippen molar-refractivity contribution >= 4 is 11.7 Å². The van der Waals surface area contributed by atoms with E-state index in [1.165, 1.54) is 12.3 Å². The van der Waals surface area contributed by atoms with E-state index in [1.54, 1.807) is 24.3 Å². The Kier molecular flexibility index (Phi) is 3.82. The summed E-state index contributed by atoms with van der Waals surface area (Å²) in [5.74, 6) is -0.496. The predicted molar refractivity (Wildman–Crippen MR) is 71.4 cm³/mol. The Hall–Kier alpha value is -3.07. The number of aromatic carboxylic acids is 1. The molecule has 6 heteroatoms. The molecule has 100 valence electrons. The fourth-order valence-corrected chi connectivity index (χ4v) is 1.58. The van der Waals surface area contributed by atoms with Gasteiger partial charge in [-0.15, -0.1) is 0 Å². The van der Waals surface area contributed by atoms with Crippen LogP contribution in [0.3, 0.4) is 0 Å². The highest BCUT2D eigenvalue weighted by Crippen LogP contribution is 2.23. The molecular weight excluding hydrogens is 258 g/mol. The first-order valence-corrected chi connectivity index (χ1v) is 5.72. The first kappa shape index (κ1) is 13.4. The van der Waals surface area contributed by atoms with Crippen LogP contribution in [0.4, 0.5) is 5.69 Å². The molecule has 6 nitrogen and oxygen atoms in total. The Morgan fingerprint density at radius 1 is 1.40 bits per heavy atom. The molecule has 0 fully saturated rings. The number of carboxylic acid groups (broad SMARTS) is 1. The molecule has 0 aliphatic rings. The first-order valence-electron chi connectivity index (χ1n) is 5.72. The van der Waals surface area contributed by atoms with Crippen molar-refractivity contribution in [1.82, 2.24) is 4.98 Å². The predicted octanol–water partition coefficient (Wildman–Crippen LogP) is 2.22. The molecule has 2 aromatic rings. The maximum atomic E-state index is 10.9. The van der Waals surface area contributed by atoms with Gasteiger partial charge in [-0.1, -0.05) is 12.1 Å². The molecule has 0 radical (unpaired) electrons. The zero-order chi connectivity index (χ0) is 14.5. The molecule has 0 aliphatic carbocycles. The second-order valence-electron chi connectivity index (χ2n) is 4.00. The van der Waals surface area contributed by atoms with Crippen molar-refractivity contribution in [3.8, 4) is 17.7 Å². The van der Waals surface area contributed by atoms with E-state index >= 15 is 0 Å². The Bertz CT molecular complexity index is 675. The number of hydrogen-bond donors (Lipinski definition) is 2. The minimum Gasteiger partial charge on any atom is -0.478 e. The number of pyridine rings is 1. The summed E-state index contributed by atoms with van der Waals surface area (Å²) < 4.78 is 5.44. The first-order chi connectivity index (χ1) is 9.60.